The van der Waals surface area contributed by atoms with E-state index in [0.29, 0.717) is 11.3 Å². The second kappa shape index (κ2) is 5.38. The van der Waals surface area contributed by atoms with Gasteiger partial charge in [-0.05, 0) is 60.9 Å². The molecule has 3 heteroatoms. The second-order valence-electron chi connectivity index (χ2n) is 8.06. The standard InChI is InChI=1S/C19H28N2O/c1-18(2,3)14-5-7-15(8-6-14)21(4)17(22)16-13-19(16)9-11-20-12-10-19/h5-8,16,20H,9-13H2,1-4H3. The van der Waals surface area contributed by atoms with E-state index in [1.165, 1.54) is 5.56 Å². The molecule has 1 aromatic rings. The third-order valence-electron chi connectivity index (χ3n) is 5.54. The molecule has 3 nitrogen and oxygen atoms in total. The Morgan fingerprint density at radius 1 is 1.18 bits per heavy atom. The second-order valence-corrected chi connectivity index (χ2v) is 8.06. The van der Waals surface area contributed by atoms with Crippen molar-refractivity contribution in [3.63, 3.8) is 0 Å². The summed E-state index contributed by atoms with van der Waals surface area (Å²) in [6, 6.07) is 8.45. The van der Waals surface area contributed by atoms with E-state index in [1.807, 2.05) is 11.9 Å². The zero-order valence-corrected chi connectivity index (χ0v) is 14.3. The molecule has 1 unspecified atom stereocenters. The first-order chi connectivity index (χ1) is 10.3. The van der Waals surface area contributed by atoms with E-state index in [0.717, 1.165) is 38.0 Å². The van der Waals surface area contributed by atoms with E-state index in [-0.39, 0.29) is 11.3 Å². The van der Waals surface area contributed by atoms with Crippen LogP contribution < -0.4 is 10.2 Å². The summed E-state index contributed by atoms with van der Waals surface area (Å²) in [4.78, 5) is 14.6. The number of benzene rings is 1. The van der Waals surface area contributed by atoms with Gasteiger partial charge in [-0.1, -0.05) is 32.9 Å². The summed E-state index contributed by atoms with van der Waals surface area (Å²) in [5.41, 5.74) is 2.77. The van der Waals surface area contributed by atoms with Crippen molar-refractivity contribution in [2.45, 2.75) is 45.4 Å². The van der Waals surface area contributed by atoms with Crippen molar-refractivity contribution in [2.24, 2.45) is 11.3 Å². The van der Waals surface area contributed by atoms with Crippen LogP contribution in [0.2, 0.25) is 0 Å². The molecule has 0 bridgehead atoms. The zero-order chi connectivity index (χ0) is 16.0. The van der Waals surface area contributed by atoms with Gasteiger partial charge in [0.25, 0.3) is 0 Å². The van der Waals surface area contributed by atoms with E-state index in [1.54, 1.807) is 0 Å². The van der Waals surface area contributed by atoms with Gasteiger partial charge in [0.1, 0.15) is 0 Å². The monoisotopic (exact) mass is 300 g/mol. The van der Waals surface area contributed by atoms with Crippen LogP contribution in [0, 0.1) is 11.3 Å². The molecule has 22 heavy (non-hydrogen) atoms. The van der Waals surface area contributed by atoms with E-state index in [9.17, 15) is 4.79 Å². The van der Waals surface area contributed by atoms with Crippen molar-refractivity contribution in [2.75, 3.05) is 25.0 Å². The van der Waals surface area contributed by atoms with Crippen molar-refractivity contribution < 1.29 is 4.79 Å². The van der Waals surface area contributed by atoms with Gasteiger partial charge in [-0.2, -0.15) is 0 Å². The average Bonchev–Trinajstić information content (AvgIpc) is 3.19. The largest absolute Gasteiger partial charge is 0.317 e. The molecule has 0 aromatic heterocycles. The first-order valence-electron chi connectivity index (χ1n) is 8.42. The number of nitrogens with one attached hydrogen (secondary N) is 1. The number of rotatable bonds is 2. The number of carbonyl (C=O) groups excluding carboxylic acids is 1. The fraction of sp³-hybridized carbons (Fsp3) is 0.632. The van der Waals surface area contributed by atoms with Crippen LogP contribution in [0.3, 0.4) is 0 Å². The molecule has 1 atom stereocenters. The lowest BCUT2D eigenvalue weighted by atomic mass is 9.87. The van der Waals surface area contributed by atoms with Gasteiger partial charge in [0, 0.05) is 18.7 Å². The molecule has 120 valence electrons. The minimum Gasteiger partial charge on any atom is -0.317 e. The predicted octanol–water partition coefficient (Wildman–Crippen LogP) is 3.34. The number of carbonyl (C=O) groups is 1. The van der Waals surface area contributed by atoms with Gasteiger partial charge in [0.2, 0.25) is 5.91 Å². The van der Waals surface area contributed by atoms with Crippen LogP contribution in [0.4, 0.5) is 5.69 Å². The number of hydrogen-bond acceptors (Lipinski definition) is 2. The molecule has 0 radical (unpaired) electrons. The minimum atomic E-state index is 0.150. The van der Waals surface area contributed by atoms with Crippen molar-refractivity contribution in [1.29, 1.82) is 0 Å². The van der Waals surface area contributed by atoms with Crippen LogP contribution in [0.5, 0.6) is 0 Å². The molecule has 1 aromatic carbocycles. The molecule has 1 aliphatic heterocycles. The zero-order valence-electron chi connectivity index (χ0n) is 14.3. The Labute approximate surface area is 134 Å². The van der Waals surface area contributed by atoms with Crippen molar-refractivity contribution >= 4 is 11.6 Å². The lowest BCUT2D eigenvalue weighted by Crippen LogP contribution is -2.34. The predicted molar refractivity (Wildman–Crippen MR) is 91.2 cm³/mol. The summed E-state index contributed by atoms with van der Waals surface area (Å²) >= 11 is 0. The molecule has 1 N–H and O–H groups in total. The first kappa shape index (κ1) is 15.5. The van der Waals surface area contributed by atoms with Crippen molar-refractivity contribution in [1.82, 2.24) is 5.32 Å². The maximum atomic E-state index is 12.8. The van der Waals surface area contributed by atoms with E-state index in [4.69, 9.17) is 0 Å². The molecule has 1 saturated heterocycles. The highest BCUT2D eigenvalue weighted by molar-refractivity contribution is 5.97. The Balaban J connectivity index is 1.69. The SMILES string of the molecule is CN(C(=O)C1CC12CCNCC2)c1ccc(C(C)(C)C)cc1. The number of anilines is 1. The Morgan fingerprint density at radius 3 is 2.32 bits per heavy atom. The normalized spacial score (nSPS) is 23.4. The molecule has 2 fully saturated rings. The summed E-state index contributed by atoms with van der Waals surface area (Å²) in [6.07, 6.45) is 3.39. The van der Waals surface area contributed by atoms with Gasteiger partial charge in [0.05, 0.1) is 0 Å². The van der Waals surface area contributed by atoms with Crippen LogP contribution in [0.15, 0.2) is 24.3 Å². The molecule has 1 amide bonds. The van der Waals surface area contributed by atoms with Crippen molar-refractivity contribution in [3.8, 4) is 0 Å². The summed E-state index contributed by atoms with van der Waals surface area (Å²) in [5, 5.41) is 3.40. The van der Waals surface area contributed by atoms with Crippen LogP contribution in [0.25, 0.3) is 0 Å². The number of hydrogen-bond donors (Lipinski definition) is 1. The number of amides is 1. The first-order valence-corrected chi connectivity index (χ1v) is 8.42. The van der Waals surface area contributed by atoms with Gasteiger partial charge < -0.3 is 10.2 Å². The third kappa shape index (κ3) is 2.79. The van der Waals surface area contributed by atoms with Gasteiger partial charge in [-0.15, -0.1) is 0 Å². The third-order valence-corrected chi connectivity index (χ3v) is 5.54. The topological polar surface area (TPSA) is 32.3 Å². The van der Waals surface area contributed by atoms with Gasteiger partial charge in [-0.25, -0.2) is 0 Å². The number of piperidine rings is 1. The van der Waals surface area contributed by atoms with Crippen LogP contribution in [0.1, 0.15) is 45.6 Å². The molecule has 3 rings (SSSR count). The lowest BCUT2D eigenvalue weighted by molar-refractivity contribution is -0.120. The van der Waals surface area contributed by atoms with Gasteiger partial charge >= 0.3 is 0 Å². The highest BCUT2D eigenvalue weighted by Crippen LogP contribution is 2.59. The number of nitrogens with zero attached hydrogens (tertiary/aromatic N) is 1. The van der Waals surface area contributed by atoms with Crippen LogP contribution in [-0.2, 0) is 10.2 Å². The van der Waals surface area contributed by atoms with E-state index in [2.05, 4.69) is 50.4 Å². The molecule has 1 heterocycles. The minimum absolute atomic E-state index is 0.150. The van der Waals surface area contributed by atoms with E-state index < -0.39 is 0 Å². The Bertz CT molecular complexity index is 550. The summed E-state index contributed by atoms with van der Waals surface area (Å²) < 4.78 is 0. The quantitative estimate of drug-likeness (QED) is 0.908. The highest BCUT2D eigenvalue weighted by Gasteiger charge is 2.58. The molecule has 1 saturated carbocycles. The maximum absolute atomic E-state index is 12.8. The fourth-order valence-corrected chi connectivity index (χ4v) is 3.72. The lowest BCUT2D eigenvalue weighted by Gasteiger charge is -2.25. The van der Waals surface area contributed by atoms with Gasteiger partial charge in [0.15, 0.2) is 0 Å². The Morgan fingerprint density at radius 2 is 1.77 bits per heavy atom. The summed E-state index contributed by atoms with van der Waals surface area (Å²) in [6.45, 7) is 8.76. The molecule has 1 aliphatic carbocycles. The smallest absolute Gasteiger partial charge is 0.230 e. The molecule has 1 spiro atoms. The Kier molecular flexibility index (Phi) is 3.80. The average molecular weight is 300 g/mol. The highest BCUT2D eigenvalue weighted by atomic mass is 16.2. The Hall–Kier alpha value is -1.35. The van der Waals surface area contributed by atoms with E-state index >= 15 is 0 Å². The van der Waals surface area contributed by atoms with Crippen molar-refractivity contribution in [3.05, 3.63) is 29.8 Å². The fourth-order valence-electron chi connectivity index (χ4n) is 3.72. The van der Waals surface area contributed by atoms with Gasteiger partial charge in [-0.3, -0.25) is 4.79 Å². The summed E-state index contributed by atoms with van der Waals surface area (Å²) in [5.74, 6) is 0.535. The molecular formula is C19H28N2O. The molecular weight excluding hydrogens is 272 g/mol. The maximum Gasteiger partial charge on any atom is 0.230 e. The molecule has 2 aliphatic rings. The van der Waals surface area contributed by atoms with Crippen LogP contribution in [-0.4, -0.2) is 26.0 Å². The summed E-state index contributed by atoms with van der Waals surface area (Å²) in [7, 11) is 1.92. The van der Waals surface area contributed by atoms with Crippen LogP contribution >= 0.6 is 0 Å².